The number of ether oxygens (including phenoxy) is 1. The summed E-state index contributed by atoms with van der Waals surface area (Å²) in [6, 6.07) is 16.2. The first-order valence-electron chi connectivity index (χ1n) is 31.0. The van der Waals surface area contributed by atoms with Gasteiger partial charge in [-0.25, -0.2) is 39.9 Å². The number of aromatic nitrogens is 8. The van der Waals surface area contributed by atoms with Crippen LogP contribution in [0.5, 0.6) is 0 Å². The smallest absolute Gasteiger partial charge is 0.762 e. The molecule has 0 saturated carbocycles. The van der Waals surface area contributed by atoms with E-state index in [1.54, 1.807) is 86.2 Å². The number of hydrogen-bond donors (Lipinski definition) is 3. The van der Waals surface area contributed by atoms with Crippen molar-refractivity contribution in [1.82, 2.24) is 49.2 Å². The van der Waals surface area contributed by atoms with E-state index >= 15 is 0 Å². The third kappa shape index (κ3) is 28.7. The molecule has 0 saturated heterocycles. The van der Waals surface area contributed by atoms with Crippen molar-refractivity contribution in [2.24, 2.45) is 43.3 Å². The van der Waals surface area contributed by atoms with Crippen LogP contribution in [0.15, 0.2) is 98.6 Å². The number of nitrogens with two attached hydrogens (primary N) is 1. The molecule has 2 atom stereocenters. The summed E-state index contributed by atoms with van der Waals surface area (Å²) in [5, 5.41) is 22.4. The molecule has 1 aliphatic heterocycles. The molecule has 0 spiro atoms. The number of carbonyl (C=O) groups is 1. The van der Waals surface area contributed by atoms with Crippen LogP contribution >= 0.6 is 79.6 Å². The molecule has 1 amide bonds. The van der Waals surface area contributed by atoms with E-state index in [9.17, 15) is 48.1 Å². The number of rotatable bonds is 7. The highest BCUT2D eigenvalue weighted by molar-refractivity contribution is 9.11. The van der Waals surface area contributed by atoms with Crippen LogP contribution in [0.1, 0.15) is 146 Å². The van der Waals surface area contributed by atoms with Gasteiger partial charge in [0.05, 0.1) is 60.7 Å². The molecular formula is C68H90BBr5F9N13O5S2. The summed E-state index contributed by atoms with van der Waals surface area (Å²) in [6.07, 6.45) is 2.94. The number of hydrogen-bond acceptors (Lipinski definition) is 10. The molecule has 0 bridgehead atoms. The van der Waals surface area contributed by atoms with Crippen molar-refractivity contribution in [1.29, 1.82) is 0 Å². The van der Waals surface area contributed by atoms with Crippen molar-refractivity contribution in [2.45, 2.75) is 156 Å². The maximum absolute atomic E-state index is 14.1. The normalized spacial score (nSPS) is 12.6. The topological polar surface area (TPSA) is 209 Å². The van der Waals surface area contributed by atoms with E-state index in [1.807, 2.05) is 143 Å². The summed E-state index contributed by atoms with van der Waals surface area (Å²) in [4.78, 5) is 16.1. The number of aryl methyl sites for hydroxylation is 4. The highest BCUT2D eigenvalue weighted by Crippen LogP contribution is 2.36. The fraction of sp³-hybridized carbons (Fsp3) is 0.456. The third-order valence-electron chi connectivity index (χ3n) is 13.2. The molecule has 4 N–H and O–H groups in total. The molecule has 0 aliphatic carbocycles. The van der Waals surface area contributed by atoms with Crippen molar-refractivity contribution in [3.8, 4) is 0 Å². The van der Waals surface area contributed by atoms with Gasteiger partial charge in [-0.2, -0.15) is 24.8 Å². The summed E-state index contributed by atoms with van der Waals surface area (Å²) in [5.41, 5.74) is 9.62. The lowest BCUT2D eigenvalue weighted by molar-refractivity contribution is -0.00282. The first-order chi connectivity index (χ1) is 46.4. The number of nitrogens with zero attached hydrogens (tertiary/aromatic N) is 10. The summed E-state index contributed by atoms with van der Waals surface area (Å²) in [7, 11) is 6.79. The molecule has 0 fully saturated rings. The Balaban J connectivity index is 0.000000419. The molecule has 10 rings (SSSR count). The van der Waals surface area contributed by atoms with Crippen LogP contribution in [-0.2, 0) is 82.4 Å². The molecule has 2 unspecified atom stereocenters. The molecule has 570 valence electrons. The summed E-state index contributed by atoms with van der Waals surface area (Å²) in [6.45, 7) is 32.3. The van der Waals surface area contributed by atoms with Gasteiger partial charge < -0.3 is 24.9 Å². The van der Waals surface area contributed by atoms with Crippen molar-refractivity contribution < 1.29 is 61.9 Å². The van der Waals surface area contributed by atoms with E-state index in [-0.39, 0.29) is 38.2 Å². The zero-order chi connectivity index (χ0) is 78.6. The zero-order valence-corrected chi connectivity index (χ0v) is 71.5. The Labute approximate surface area is 644 Å². The van der Waals surface area contributed by atoms with Crippen LogP contribution in [0.4, 0.5) is 39.7 Å². The Morgan fingerprint density at radius 1 is 0.573 bits per heavy atom. The number of benzene rings is 5. The average Bonchev–Trinajstić information content (AvgIpc) is 1.64. The van der Waals surface area contributed by atoms with Crippen LogP contribution in [-0.4, -0.2) is 110 Å². The summed E-state index contributed by atoms with van der Waals surface area (Å²) >= 11 is 16.3. The van der Waals surface area contributed by atoms with Crippen LogP contribution < -0.4 is 20.5 Å². The van der Waals surface area contributed by atoms with Gasteiger partial charge in [0.15, 0.2) is 23.3 Å². The first kappa shape index (κ1) is 93.7. The van der Waals surface area contributed by atoms with Gasteiger partial charge in [-0.3, -0.25) is 36.7 Å². The molecule has 103 heavy (non-hydrogen) atoms. The highest BCUT2D eigenvalue weighted by atomic mass is 79.9. The van der Waals surface area contributed by atoms with Crippen molar-refractivity contribution >= 4 is 171 Å². The van der Waals surface area contributed by atoms with E-state index < -0.39 is 68.4 Å². The van der Waals surface area contributed by atoms with Gasteiger partial charge >= 0.3 is 13.6 Å². The zero-order valence-electron chi connectivity index (χ0n) is 61.9. The van der Waals surface area contributed by atoms with E-state index in [2.05, 4.69) is 124 Å². The minimum atomic E-state index is -3.67. The van der Waals surface area contributed by atoms with E-state index in [4.69, 9.17) is 10.5 Å². The molecule has 35 heteroatoms. The standard InChI is InChI=1S/C16H21BrFN3O2.C15H21BrFN3OS.C11H13BrFN3.C8H6BrFN2.C8H5BrFN.C7H15NOS.C3H9O.BF3.FH/c1-15(2,3)23-14(22)19-16(4,5)13-10-7-9(17)8-11(18)12(10)20-21(13)6;1-14(2,3)22(21)19-15(4,5)13-10-7-9(16)8-11(17)12(10)18-20(13)6;1-11(2,14)10-7-4-6(12)5-8(13)9(7)15-16(10)3;1-12-4-5-2-6(9)3-7(10)8(5)11-12;9-6-1-5-3-11-4-7(5)8(10)2-6;1-6(2)8-10(9)7(3,4)5;1-4(2)3;2-1(3)4;/h7-8H,1-6H3,(H,19,22);7-8,19H,1-6H3;4-5H,14H2,1-3H3;2-4H,1H3;1-3H,4H2;1-5H3;1-3H3;;1H/q;;;;;;+1;;/p-1. The van der Waals surface area contributed by atoms with Crippen molar-refractivity contribution in [3.63, 3.8) is 0 Å². The minimum absolute atomic E-state index is 0. The van der Waals surface area contributed by atoms with Gasteiger partial charge in [0.2, 0.25) is 0 Å². The van der Waals surface area contributed by atoms with Gasteiger partial charge in [-0.05, 0) is 178 Å². The van der Waals surface area contributed by atoms with Gasteiger partial charge in [0, 0.05) is 101 Å². The maximum Gasteiger partial charge on any atom is 0.762 e. The number of amides is 1. The second-order valence-corrected chi connectivity index (χ2v) is 36.7. The predicted molar refractivity (Wildman–Crippen MR) is 417 cm³/mol. The van der Waals surface area contributed by atoms with Crippen molar-refractivity contribution in [2.75, 3.05) is 21.3 Å². The molecule has 5 heterocycles. The molecule has 4 aromatic heterocycles. The first-order valence-corrected chi connectivity index (χ1v) is 37.2. The lowest BCUT2D eigenvalue weighted by Gasteiger charge is -2.30. The Morgan fingerprint density at radius 2 is 0.932 bits per heavy atom. The highest BCUT2D eigenvalue weighted by Gasteiger charge is 2.35. The summed E-state index contributed by atoms with van der Waals surface area (Å²) < 4.78 is 145. The van der Waals surface area contributed by atoms with Crippen LogP contribution in [0, 0.1) is 29.1 Å². The minimum Gasteiger partial charge on any atom is -1.00 e. The molecule has 0 radical (unpaired) electrons. The van der Waals surface area contributed by atoms with Crippen LogP contribution in [0.3, 0.4) is 0 Å². The van der Waals surface area contributed by atoms with E-state index in [0.717, 1.165) is 42.4 Å². The van der Waals surface area contributed by atoms with E-state index in [0.29, 0.717) is 58.5 Å². The quantitative estimate of drug-likeness (QED) is 0.0599. The Hall–Kier alpha value is -5.40. The number of halogens is 14. The number of nitrogens with one attached hydrogen (secondary N) is 2. The molecule has 9 aromatic rings. The SMILES string of the molecule is CC(C)=NS(=O)C(C)(C)C.C[O+](C)C.Cn1cc2cc(Br)cc(F)c2n1.Cn1nc2c(F)cc(Br)cc2c1C(C)(C)N.Cn1nc2c(F)cc(Br)cc2c1C(C)(C)NC(=O)OC(C)(C)C.Cn1nc2c(F)cc(Br)cc2c1C(C)(C)NS(=O)C(C)(C)C.FB(F)F.Fc1cc(Br)cc2c1CN=C2.[F-]. The monoisotopic (exact) mass is 1810 g/mol. The second-order valence-electron chi connectivity index (χ2n) is 28.3. The number of alkyl carbamates (subject to hydrolysis) is 1. The van der Waals surface area contributed by atoms with E-state index in [1.165, 1.54) is 30.3 Å². The lowest BCUT2D eigenvalue weighted by Crippen LogP contribution is -3.00. The third-order valence-corrected chi connectivity index (χ3v) is 18.9. The van der Waals surface area contributed by atoms with Gasteiger partial charge in [-0.1, -0.05) is 79.6 Å². The fourth-order valence-corrected chi connectivity index (χ4v) is 13.2. The molecule has 18 nitrogen and oxygen atoms in total. The fourth-order valence-electron chi connectivity index (χ4n) is 9.59. The Morgan fingerprint density at radius 3 is 1.30 bits per heavy atom. The number of aliphatic imine (C=N–C) groups is 1. The Kier molecular flexibility index (Phi) is 34.9. The van der Waals surface area contributed by atoms with Gasteiger partial charge in [0.1, 0.15) is 65.8 Å². The number of carbonyl (C=O) groups excluding carboxylic acids is 1. The van der Waals surface area contributed by atoms with Crippen LogP contribution in [0.2, 0.25) is 0 Å². The molecule has 5 aromatic carbocycles. The second kappa shape index (κ2) is 38.4. The maximum atomic E-state index is 14.1. The molecular weight excluding hydrogens is 1720 g/mol. The summed E-state index contributed by atoms with van der Waals surface area (Å²) in [5.74, 6) is -1.59. The van der Waals surface area contributed by atoms with Gasteiger partial charge in [-0.15, -0.1) is 0 Å². The predicted octanol–water partition coefficient (Wildman–Crippen LogP) is 15.9. The Bertz CT molecular complexity index is 4510. The van der Waals surface area contributed by atoms with Crippen LogP contribution in [0.25, 0.3) is 43.6 Å². The largest absolute Gasteiger partial charge is 1.00 e. The molecule has 1 aliphatic rings. The van der Waals surface area contributed by atoms with Crippen molar-refractivity contribution in [3.05, 3.63) is 147 Å². The average molecular weight is 1820 g/mol. The van der Waals surface area contributed by atoms with Gasteiger partial charge in [0.25, 0.3) is 0 Å². The lowest BCUT2D eigenvalue weighted by atomic mass is 9.97. The number of fused-ring (bicyclic) bond motifs is 5.